The number of nitrogens with zero attached hydrogens (tertiary/aromatic N) is 5. The number of fused-ring (bicyclic) bond motifs is 3. The summed E-state index contributed by atoms with van der Waals surface area (Å²) < 4.78 is 18.8. The van der Waals surface area contributed by atoms with Crippen molar-refractivity contribution in [2.45, 2.75) is 6.42 Å². The van der Waals surface area contributed by atoms with Gasteiger partial charge in [0.2, 0.25) is 5.91 Å². The van der Waals surface area contributed by atoms with Crippen LogP contribution in [0.25, 0.3) is 27.7 Å². The van der Waals surface area contributed by atoms with Gasteiger partial charge in [-0.25, -0.2) is 4.98 Å². The molecule has 0 aliphatic heterocycles. The fourth-order valence-corrected chi connectivity index (χ4v) is 6.05. The molecule has 0 bridgehead atoms. The van der Waals surface area contributed by atoms with Crippen LogP contribution in [0.4, 0.5) is 11.4 Å². The van der Waals surface area contributed by atoms with Crippen LogP contribution >= 0.6 is 23.2 Å². The Hall–Kier alpha value is -4.51. The second-order valence-electron chi connectivity index (χ2n) is 11.0. The summed E-state index contributed by atoms with van der Waals surface area (Å²) in [5, 5.41) is 4.52. The maximum Gasteiger partial charge on any atom is 0.247 e. The summed E-state index contributed by atoms with van der Waals surface area (Å²) in [6.45, 7) is 5.20. The van der Waals surface area contributed by atoms with Crippen molar-refractivity contribution in [3.05, 3.63) is 82.9 Å². The number of carbonyl (C=O) groups excluding carboxylic acids is 1. The molecule has 1 N–H and O–H groups in total. The molecule has 0 saturated heterocycles. The van der Waals surface area contributed by atoms with Crippen LogP contribution in [0, 0.1) is 0 Å². The van der Waals surface area contributed by atoms with Gasteiger partial charge in [-0.05, 0) is 38.4 Å². The van der Waals surface area contributed by atoms with Gasteiger partial charge in [0.1, 0.15) is 22.9 Å². The van der Waals surface area contributed by atoms with E-state index in [1.54, 1.807) is 19.4 Å². The lowest BCUT2D eigenvalue weighted by Gasteiger charge is -2.26. The number of methoxy groups -OCH3 is 3. The van der Waals surface area contributed by atoms with Crippen molar-refractivity contribution in [3.8, 4) is 28.4 Å². The molecule has 12 heteroatoms. The fraction of sp³-hybridized carbons (Fsp3) is 0.265. The number of likely N-dealkylation sites (N-methyl/N-ethyl adjacent to an activating group) is 2. The molecule has 3 aromatic heterocycles. The largest absolute Gasteiger partial charge is 0.496 e. The predicted octanol–water partition coefficient (Wildman–Crippen LogP) is 6.60. The normalized spacial score (nSPS) is 11.2. The molecule has 10 nitrogen and oxygen atoms in total. The monoisotopic (exact) mass is 662 g/mol. The summed E-state index contributed by atoms with van der Waals surface area (Å²) in [5.74, 6) is 1.26. The molecule has 0 radical (unpaired) electrons. The van der Waals surface area contributed by atoms with E-state index in [0.29, 0.717) is 56.2 Å². The highest BCUT2D eigenvalue weighted by atomic mass is 35.5. The molecule has 1 amide bonds. The lowest BCUT2D eigenvalue weighted by Crippen LogP contribution is -2.29. The first kappa shape index (κ1) is 32.9. The van der Waals surface area contributed by atoms with Crippen LogP contribution < -0.4 is 24.4 Å². The van der Waals surface area contributed by atoms with Crippen molar-refractivity contribution in [3.63, 3.8) is 0 Å². The Labute approximate surface area is 278 Å². The van der Waals surface area contributed by atoms with Crippen molar-refractivity contribution in [1.29, 1.82) is 0 Å². The molecule has 0 saturated carbocycles. The number of aromatic nitrogens is 3. The average molecular weight is 664 g/mol. The molecule has 2 aromatic carbocycles. The van der Waals surface area contributed by atoms with Crippen LogP contribution in [0.2, 0.25) is 10.0 Å². The van der Waals surface area contributed by atoms with E-state index in [9.17, 15) is 4.79 Å². The SMILES string of the molecule is C=CC(=O)Nc1cc(Cc2cc3c(cn2)cc(-c2c(Cl)c(OC)cc(OC)c2Cl)c2nccn23)c(OC)cc1N(C)CCN(C)C. The minimum absolute atomic E-state index is 0.297. The number of carbonyl (C=O) groups is 1. The third-order valence-corrected chi connectivity index (χ3v) is 8.51. The molecule has 3 heterocycles. The van der Waals surface area contributed by atoms with E-state index in [0.717, 1.165) is 40.9 Å². The number of anilines is 2. The summed E-state index contributed by atoms with van der Waals surface area (Å²) >= 11 is 13.6. The molecular weight excluding hydrogens is 627 g/mol. The number of ether oxygens (including phenoxy) is 3. The summed E-state index contributed by atoms with van der Waals surface area (Å²) in [6.07, 6.45) is 7.11. The number of nitrogens with one attached hydrogen (secondary N) is 1. The zero-order valence-corrected chi connectivity index (χ0v) is 28.2. The van der Waals surface area contributed by atoms with Gasteiger partial charge in [-0.1, -0.05) is 29.8 Å². The smallest absolute Gasteiger partial charge is 0.247 e. The van der Waals surface area contributed by atoms with E-state index in [4.69, 9.17) is 42.4 Å². The molecule has 0 spiro atoms. The molecule has 0 unspecified atom stereocenters. The van der Waals surface area contributed by atoms with Crippen molar-refractivity contribution >= 4 is 57.0 Å². The predicted molar refractivity (Wildman–Crippen MR) is 186 cm³/mol. The first-order valence-corrected chi connectivity index (χ1v) is 15.2. The second-order valence-corrected chi connectivity index (χ2v) is 11.7. The molecule has 5 aromatic rings. The van der Waals surface area contributed by atoms with Crippen molar-refractivity contribution in [2.75, 3.05) is 65.8 Å². The minimum atomic E-state index is -0.297. The van der Waals surface area contributed by atoms with Crippen LogP contribution in [0.3, 0.4) is 0 Å². The van der Waals surface area contributed by atoms with Gasteiger partial charge in [0.05, 0.1) is 48.3 Å². The van der Waals surface area contributed by atoms with E-state index in [2.05, 4.69) is 26.7 Å². The third-order valence-electron chi connectivity index (χ3n) is 7.76. The number of amides is 1. The highest BCUT2D eigenvalue weighted by Gasteiger charge is 2.23. The van der Waals surface area contributed by atoms with Crippen molar-refractivity contribution in [1.82, 2.24) is 19.3 Å². The first-order valence-electron chi connectivity index (χ1n) is 14.4. The van der Waals surface area contributed by atoms with Gasteiger partial charge in [-0.15, -0.1) is 0 Å². The molecule has 240 valence electrons. The van der Waals surface area contributed by atoms with Gasteiger partial charge in [-0.3, -0.25) is 14.2 Å². The summed E-state index contributed by atoms with van der Waals surface area (Å²) in [4.78, 5) is 26.0. The molecule has 0 aliphatic carbocycles. The molecule has 0 fully saturated rings. The van der Waals surface area contributed by atoms with E-state index in [-0.39, 0.29) is 5.91 Å². The number of rotatable bonds is 12. The van der Waals surface area contributed by atoms with Crippen LogP contribution in [-0.2, 0) is 11.2 Å². The summed E-state index contributed by atoms with van der Waals surface area (Å²) in [6, 6.07) is 9.51. The highest BCUT2D eigenvalue weighted by molar-refractivity contribution is 6.41. The first-order chi connectivity index (χ1) is 22.1. The molecular formula is C34H36Cl2N6O4. The Kier molecular flexibility index (Phi) is 9.91. The maximum atomic E-state index is 12.4. The zero-order chi connectivity index (χ0) is 33.1. The quantitative estimate of drug-likeness (QED) is 0.150. The van der Waals surface area contributed by atoms with Gasteiger partial charge < -0.3 is 29.3 Å². The van der Waals surface area contributed by atoms with E-state index >= 15 is 0 Å². The van der Waals surface area contributed by atoms with Crippen LogP contribution in [-0.4, -0.2) is 80.7 Å². The second kappa shape index (κ2) is 13.9. The number of hydrogen-bond donors (Lipinski definition) is 1. The Morgan fingerprint density at radius 3 is 2.28 bits per heavy atom. The summed E-state index contributed by atoms with van der Waals surface area (Å²) in [5.41, 5.74) is 5.95. The topological polar surface area (TPSA) is 93.5 Å². The molecule has 46 heavy (non-hydrogen) atoms. The third kappa shape index (κ3) is 6.42. The van der Waals surface area contributed by atoms with E-state index in [1.165, 1.54) is 20.3 Å². The molecule has 0 atom stereocenters. The number of halogens is 2. The van der Waals surface area contributed by atoms with Crippen LogP contribution in [0.5, 0.6) is 17.2 Å². The Morgan fingerprint density at radius 1 is 0.957 bits per heavy atom. The van der Waals surface area contributed by atoms with Gasteiger partial charge in [-0.2, -0.15) is 0 Å². The van der Waals surface area contributed by atoms with Crippen LogP contribution in [0.1, 0.15) is 11.3 Å². The van der Waals surface area contributed by atoms with E-state index < -0.39 is 0 Å². The molecule has 0 aliphatic rings. The number of benzene rings is 2. The Balaban J connectivity index is 1.60. The Bertz CT molecular complexity index is 1910. The number of hydrogen-bond acceptors (Lipinski definition) is 8. The van der Waals surface area contributed by atoms with Crippen LogP contribution in [0.15, 0.2) is 61.6 Å². The van der Waals surface area contributed by atoms with Crippen molar-refractivity contribution < 1.29 is 19.0 Å². The van der Waals surface area contributed by atoms with Gasteiger partial charge >= 0.3 is 0 Å². The maximum absolute atomic E-state index is 12.4. The lowest BCUT2D eigenvalue weighted by atomic mass is 10.0. The highest BCUT2D eigenvalue weighted by Crippen LogP contribution is 2.47. The summed E-state index contributed by atoms with van der Waals surface area (Å²) in [7, 11) is 10.7. The van der Waals surface area contributed by atoms with Gasteiger partial charge in [0.15, 0.2) is 0 Å². The van der Waals surface area contributed by atoms with Crippen molar-refractivity contribution in [2.24, 2.45) is 0 Å². The van der Waals surface area contributed by atoms with Gasteiger partial charge in [0, 0.05) is 85.1 Å². The van der Waals surface area contributed by atoms with Gasteiger partial charge in [0.25, 0.3) is 0 Å². The van der Waals surface area contributed by atoms with E-state index in [1.807, 2.05) is 62.2 Å². The zero-order valence-electron chi connectivity index (χ0n) is 26.6. The fourth-order valence-electron chi connectivity index (χ4n) is 5.34. The molecule has 5 rings (SSSR count). The minimum Gasteiger partial charge on any atom is -0.496 e. The number of pyridine rings is 2. The standard InChI is InChI=1S/C34H36Cl2N6O4/c1-8-30(43)39-24-15-20(27(44-5)17-26(24)41(4)12-11-40(2)3)13-22-16-25-21(19-38-22)14-23(34-37-9-10-42(25)34)31-32(35)28(45-6)18-29(46-7)33(31)36/h8-10,14-19H,1,11-13H2,2-7H3,(H,39,43). The Morgan fingerprint density at radius 2 is 1.65 bits per heavy atom. The number of imidazole rings is 1. The lowest BCUT2D eigenvalue weighted by molar-refractivity contribution is -0.111. The average Bonchev–Trinajstić information content (AvgIpc) is 3.55.